The Labute approximate surface area is 122 Å². The molecule has 1 unspecified atom stereocenters. The Kier molecular flexibility index (Phi) is 5.72. The summed E-state index contributed by atoms with van der Waals surface area (Å²) in [4.78, 5) is 16.2. The van der Waals surface area contributed by atoms with Gasteiger partial charge in [0, 0.05) is 24.3 Å². The van der Waals surface area contributed by atoms with Crippen LogP contribution in [0.1, 0.15) is 37.6 Å². The monoisotopic (exact) mass is 278 g/mol. The van der Waals surface area contributed by atoms with Crippen molar-refractivity contribution in [1.82, 2.24) is 4.90 Å². The number of carbonyl (C=O) groups is 1. The predicted molar refractivity (Wildman–Crippen MR) is 83.3 cm³/mol. The van der Waals surface area contributed by atoms with E-state index in [-0.39, 0.29) is 5.78 Å². The van der Waals surface area contributed by atoms with Crippen molar-refractivity contribution < 1.29 is 9.90 Å². The fourth-order valence-corrected chi connectivity index (χ4v) is 2.32. The summed E-state index contributed by atoms with van der Waals surface area (Å²) in [6.07, 6.45) is 0.358. The number of carbonyl (C=O) groups excluding carboxylic acids is 1. The zero-order chi connectivity index (χ0) is 15.3. The highest BCUT2D eigenvalue weighted by atomic mass is 16.3. The maximum absolute atomic E-state index is 12.5. The maximum Gasteiger partial charge on any atom is 0.209 e. The molecule has 0 aliphatic rings. The van der Waals surface area contributed by atoms with Gasteiger partial charge in [0.05, 0.1) is 0 Å². The zero-order valence-corrected chi connectivity index (χ0v) is 13.2. The van der Waals surface area contributed by atoms with Crippen LogP contribution >= 0.6 is 0 Å². The third-order valence-corrected chi connectivity index (χ3v) is 3.85. The average Bonchev–Trinajstić information content (AvgIpc) is 2.47. The molecule has 1 aromatic rings. The van der Waals surface area contributed by atoms with E-state index in [1.807, 2.05) is 19.1 Å². The van der Waals surface area contributed by atoms with E-state index in [0.29, 0.717) is 12.0 Å². The normalized spacial score (nSPS) is 14.2. The first kappa shape index (κ1) is 16.7. The SMILES string of the molecule is CCN(CC)c1ccc(C(=O)C(O)(CC)N(C)C)cc1. The van der Waals surface area contributed by atoms with Crippen molar-refractivity contribution in [2.45, 2.75) is 32.9 Å². The number of rotatable bonds is 7. The molecule has 112 valence electrons. The molecule has 0 aliphatic heterocycles. The predicted octanol–water partition coefficient (Wildman–Crippen LogP) is 2.38. The molecule has 0 aliphatic carbocycles. The summed E-state index contributed by atoms with van der Waals surface area (Å²) in [6, 6.07) is 7.46. The first-order chi connectivity index (χ1) is 9.40. The molecule has 4 heteroatoms. The van der Waals surface area contributed by atoms with Gasteiger partial charge in [0.1, 0.15) is 0 Å². The minimum Gasteiger partial charge on any atom is -0.372 e. The minimum atomic E-state index is -1.43. The van der Waals surface area contributed by atoms with Gasteiger partial charge in [0.25, 0.3) is 0 Å². The van der Waals surface area contributed by atoms with E-state index in [1.165, 1.54) is 0 Å². The molecular weight excluding hydrogens is 252 g/mol. The summed E-state index contributed by atoms with van der Waals surface area (Å²) >= 11 is 0. The number of hydrogen-bond acceptors (Lipinski definition) is 4. The molecule has 0 spiro atoms. The summed E-state index contributed by atoms with van der Waals surface area (Å²) in [5, 5.41) is 10.5. The second-order valence-electron chi connectivity index (χ2n) is 5.11. The van der Waals surface area contributed by atoms with Gasteiger partial charge >= 0.3 is 0 Å². The highest BCUT2D eigenvalue weighted by molar-refractivity contribution is 6.02. The lowest BCUT2D eigenvalue weighted by Gasteiger charge is -2.32. The van der Waals surface area contributed by atoms with Crippen LogP contribution in [0.2, 0.25) is 0 Å². The number of nitrogens with zero attached hydrogens (tertiary/aromatic N) is 2. The van der Waals surface area contributed by atoms with Gasteiger partial charge in [-0.3, -0.25) is 9.69 Å². The number of ketones is 1. The third-order valence-electron chi connectivity index (χ3n) is 3.85. The molecule has 0 heterocycles. The van der Waals surface area contributed by atoms with Gasteiger partial charge in [-0.05, 0) is 58.6 Å². The summed E-state index contributed by atoms with van der Waals surface area (Å²) in [5.41, 5.74) is 0.201. The van der Waals surface area contributed by atoms with E-state index in [0.717, 1.165) is 18.8 Å². The van der Waals surface area contributed by atoms with E-state index in [2.05, 4.69) is 18.7 Å². The van der Waals surface area contributed by atoms with E-state index in [1.54, 1.807) is 31.1 Å². The molecule has 0 aromatic heterocycles. The van der Waals surface area contributed by atoms with Crippen molar-refractivity contribution in [2.24, 2.45) is 0 Å². The number of aliphatic hydroxyl groups is 1. The lowest BCUT2D eigenvalue weighted by Crippen LogP contribution is -2.50. The topological polar surface area (TPSA) is 43.8 Å². The minimum absolute atomic E-state index is 0.254. The van der Waals surface area contributed by atoms with Gasteiger partial charge < -0.3 is 10.0 Å². The molecule has 0 radical (unpaired) electrons. The van der Waals surface area contributed by atoms with Gasteiger partial charge in [0.15, 0.2) is 5.72 Å². The first-order valence-electron chi connectivity index (χ1n) is 7.20. The van der Waals surface area contributed by atoms with Crippen LogP contribution < -0.4 is 4.90 Å². The number of likely N-dealkylation sites (N-methyl/N-ethyl adjacent to an activating group) is 1. The van der Waals surface area contributed by atoms with E-state index < -0.39 is 5.72 Å². The molecule has 1 rings (SSSR count). The van der Waals surface area contributed by atoms with Gasteiger partial charge in [-0.2, -0.15) is 0 Å². The Hall–Kier alpha value is -1.39. The number of hydrogen-bond donors (Lipinski definition) is 1. The van der Waals surface area contributed by atoms with Gasteiger partial charge in [-0.25, -0.2) is 0 Å². The Bertz CT molecular complexity index is 438. The van der Waals surface area contributed by atoms with Crippen LogP contribution in [0.15, 0.2) is 24.3 Å². The fourth-order valence-electron chi connectivity index (χ4n) is 2.32. The van der Waals surface area contributed by atoms with Crippen LogP contribution in [0.4, 0.5) is 5.69 Å². The molecule has 20 heavy (non-hydrogen) atoms. The van der Waals surface area contributed by atoms with Crippen LogP contribution in [0.5, 0.6) is 0 Å². The van der Waals surface area contributed by atoms with Crippen LogP contribution in [0, 0.1) is 0 Å². The second-order valence-corrected chi connectivity index (χ2v) is 5.11. The summed E-state index contributed by atoms with van der Waals surface area (Å²) in [5.74, 6) is -0.254. The van der Waals surface area contributed by atoms with E-state index in [9.17, 15) is 9.90 Å². The molecular formula is C16H26N2O2. The third kappa shape index (κ3) is 3.19. The quantitative estimate of drug-likeness (QED) is 0.614. The van der Waals surface area contributed by atoms with Crippen molar-refractivity contribution in [1.29, 1.82) is 0 Å². The standard InChI is InChI=1S/C16H26N2O2/c1-6-16(20,17(4)5)15(19)13-9-11-14(12-10-13)18(7-2)8-3/h9-12,20H,6-8H2,1-5H3. The summed E-state index contributed by atoms with van der Waals surface area (Å²) in [7, 11) is 3.43. The highest BCUT2D eigenvalue weighted by Gasteiger charge is 2.36. The van der Waals surface area contributed by atoms with Gasteiger partial charge in [-0.1, -0.05) is 6.92 Å². The number of Topliss-reactive ketones (excluding diaryl/α,β-unsaturated/α-hetero) is 1. The van der Waals surface area contributed by atoms with Crippen LogP contribution in [-0.2, 0) is 0 Å². The van der Waals surface area contributed by atoms with E-state index in [4.69, 9.17) is 0 Å². The van der Waals surface area contributed by atoms with Crippen molar-refractivity contribution in [2.75, 3.05) is 32.1 Å². The Morgan fingerprint density at radius 2 is 1.60 bits per heavy atom. The first-order valence-corrected chi connectivity index (χ1v) is 7.20. The molecule has 1 aromatic carbocycles. The Morgan fingerprint density at radius 3 is 1.95 bits per heavy atom. The fraction of sp³-hybridized carbons (Fsp3) is 0.562. The average molecular weight is 278 g/mol. The molecule has 0 amide bonds. The molecule has 0 fully saturated rings. The smallest absolute Gasteiger partial charge is 0.209 e. The molecule has 0 saturated carbocycles. The maximum atomic E-state index is 12.5. The molecule has 0 saturated heterocycles. The molecule has 0 bridgehead atoms. The van der Waals surface area contributed by atoms with Crippen LogP contribution in [-0.4, -0.2) is 48.7 Å². The lowest BCUT2D eigenvalue weighted by molar-refractivity contribution is -0.0543. The lowest BCUT2D eigenvalue weighted by atomic mass is 9.97. The number of anilines is 1. The van der Waals surface area contributed by atoms with Crippen molar-refractivity contribution in [3.63, 3.8) is 0 Å². The van der Waals surface area contributed by atoms with Crippen molar-refractivity contribution in [3.05, 3.63) is 29.8 Å². The van der Waals surface area contributed by atoms with Gasteiger partial charge in [0.2, 0.25) is 5.78 Å². The van der Waals surface area contributed by atoms with Crippen LogP contribution in [0.25, 0.3) is 0 Å². The Morgan fingerprint density at radius 1 is 1.10 bits per heavy atom. The molecule has 1 N–H and O–H groups in total. The molecule has 4 nitrogen and oxygen atoms in total. The Balaban J connectivity index is 3.01. The summed E-state index contributed by atoms with van der Waals surface area (Å²) < 4.78 is 0. The van der Waals surface area contributed by atoms with E-state index >= 15 is 0 Å². The van der Waals surface area contributed by atoms with Crippen molar-refractivity contribution in [3.8, 4) is 0 Å². The molecule has 1 atom stereocenters. The largest absolute Gasteiger partial charge is 0.372 e. The second kappa shape index (κ2) is 6.86. The van der Waals surface area contributed by atoms with Crippen molar-refractivity contribution >= 4 is 11.5 Å². The van der Waals surface area contributed by atoms with Crippen LogP contribution in [0.3, 0.4) is 0 Å². The summed E-state index contributed by atoms with van der Waals surface area (Å²) in [6.45, 7) is 7.87. The number of benzene rings is 1. The highest BCUT2D eigenvalue weighted by Crippen LogP contribution is 2.22. The zero-order valence-electron chi connectivity index (χ0n) is 13.2. The van der Waals surface area contributed by atoms with Gasteiger partial charge in [-0.15, -0.1) is 0 Å².